The maximum Gasteiger partial charge on any atom is 0.411 e. The Kier molecular flexibility index (Phi) is 13.3. The lowest BCUT2D eigenvalue weighted by Gasteiger charge is -2.29. The molecule has 1 aromatic heterocycles. The van der Waals surface area contributed by atoms with Gasteiger partial charge < -0.3 is 26.4 Å². The highest BCUT2D eigenvalue weighted by Gasteiger charge is 2.65. The first-order chi connectivity index (χ1) is 28.0. The zero-order valence-electron chi connectivity index (χ0n) is 32.9. The lowest BCUT2D eigenvalue weighted by molar-refractivity contribution is -0.231. The molecule has 4 aromatic rings. The van der Waals surface area contributed by atoms with Crippen molar-refractivity contribution in [1.82, 2.24) is 25.4 Å². The highest BCUT2D eigenvalue weighted by Crippen LogP contribution is 2.42. The minimum absolute atomic E-state index is 0.00820. The number of nitrogens with two attached hydrogens (primary N) is 1. The second-order valence-electron chi connectivity index (χ2n) is 15.8. The van der Waals surface area contributed by atoms with Gasteiger partial charge in [0.25, 0.3) is 5.91 Å². The minimum Gasteiger partial charge on any atom is -0.477 e. The Morgan fingerprint density at radius 1 is 0.915 bits per heavy atom. The normalized spacial score (nSPS) is 18.6. The van der Waals surface area contributed by atoms with Crippen molar-refractivity contribution in [3.63, 3.8) is 0 Å². The number of rotatable bonds is 15. The Bertz CT molecular complexity index is 2130. The fourth-order valence-corrected chi connectivity index (χ4v) is 7.80. The van der Waals surface area contributed by atoms with Gasteiger partial charge in [-0.15, -0.1) is 0 Å². The Labute approximate surface area is 339 Å². The van der Waals surface area contributed by atoms with Crippen LogP contribution in [0, 0.1) is 24.7 Å². The molecule has 0 spiro atoms. The van der Waals surface area contributed by atoms with Gasteiger partial charge in [-0.3, -0.25) is 19.5 Å². The molecular weight excluding hydrogens is 771 g/mol. The molecule has 6 N–H and O–H groups in total. The number of carboxylic acids is 1. The number of ketones is 1. The summed E-state index contributed by atoms with van der Waals surface area (Å²) < 4.78 is 55.9. The standard InChI is InChI=1S/C43H49F4N7O5/c1-25-21-31(38(56)50-34-17-19-54(2)20-18-34)13-16-35(25)28-7-3-26(4-8-28)22-32(23-36(55)29-9-5-27(24-48)6-10-29)39(57)49-33-14-11-30(12-15-33)37-51-40(53-52-37)42(44,45)43(46,47)41(58)59/h3-4,7-8,11-16,21,27,29,32,34H,5-6,9-10,17-20,22-24,48H2,1-2H3,(H,49,57)(H,50,56)(H,58,59)(H,51,52,53)/t27?,29?,32-/m1/s1. The molecule has 1 aliphatic carbocycles. The van der Waals surface area contributed by atoms with Crippen molar-refractivity contribution in [2.24, 2.45) is 23.5 Å². The number of H-pyrrole nitrogens is 1. The number of piperidine rings is 1. The average Bonchev–Trinajstić information content (AvgIpc) is 3.73. The molecule has 2 fully saturated rings. The van der Waals surface area contributed by atoms with Gasteiger partial charge in [0, 0.05) is 41.1 Å². The van der Waals surface area contributed by atoms with Crippen LogP contribution in [-0.2, 0) is 26.7 Å². The van der Waals surface area contributed by atoms with Crippen molar-refractivity contribution >= 4 is 29.3 Å². The molecule has 59 heavy (non-hydrogen) atoms. The number of benzene rings is 3. The van der Waals surface area contributed by atoms with Crippen LogP contribution in [0.5, 0.6) is 0 Å². The number of halogens is 4. The predicted octanol–water partition coefficient (Wildman–Crippen LogP) is 6.60. The highest BCUT2D eigenvalue weighted by atomic mass is 19.3. The fraction of sp³-hybridized carbons (Fsp3) is 0.442. The summed E-state index contributed by atoms with van der Waals surface area (Å²) in [4.78, 5) is 56.9. The molecule has 2 aliphatic rings. The third kappa shape index (κ3) is 10.0. The number of anilines is 1. The monoisotopic (exact) mass is 819 g/mol. The molecule has 1 saturated heterocycles. The number of likely N-dealkylation sites (tertiary alicyclic amines) is 1. The van der Waals surface area contributed by atoms with Crippen molar-refractivity contribution < 1.29 is 41.8 Å². The van der Waals surface area contributed by atoms with E-state index in [9.17, 15) is 36.7 Å². The topological polar surface area (TPSA) is 183 Å². The maximum atomic E-state index is 14.3. The number of carbonyl (C=O) groups excluding carboxylic acids is 3. The lowest BCUT2D eigenvalue weighted by Crippen LogP contribution is -2.45. The number of carboxylic acid groups (broad SMARTS) is 1. The Morgan fingerprint density at radius 3 is 2.17 bits per heavy atom. The van der Waals surface area contributed by atoms with Gasteiger partial charge in [-0.1, -0.05) is 30.3 Å². The zero-order chi connectivity index (χ0) is 42.5. The molecule has 0 bridgehead atoms. The first-order valence-corrected chi connectivity index (χ1v) is 19.8. The molecule has 314 valence electrons. The van der Waals surface area contributed by atoms with E-state index in [0.717, 1.165) is 61.0 Å². The number of amides is 2. The van der Waals surface area contributed by atoms with Gasteiger partial charge in [-0.05, 0) is 143 Å². The van der Waals surface area contributed by atoms with Crippen molar-refractivity contribution in [1.29, 1.82) is 0 Å². The highest BCUT2D eigenvalue weighted by molar-refractivity contribution is 5.96. The number of aromatic nitrogens is 3. The van der Waals surface area contributed by atoms with E-state index in [1.165, 1.54) is 24.3 Å². The Balaban J connectivity index is 1.14. The number of aromatic amines is 1. The van der Waals surface area contributed by atoms with Gasteiger partial charge in [0.15, 0.2) is 5.82 Å². The fourth-order valence-electron chi connectivity index (χ4n) is 7.80. The van der Waals surface area contributed by atoms with Crippen molar-refractivity contribution in [3.8, 4) is 22.5 Å². The minimum atomic E-state index is -5.43. The summed E-state index contributed by atoms with van der Waals surface area (Å²) in [5.74, 6) is -16.6. The molecule has 2 heterocycles. The quantitative estimate of drug-likeness (QED) is 0.0825. The molecule has 6 rings (SSSR count). The SMILES string of the molecule is Cc1cc(C(=O)NC2CCN(C)CC2)ccc1-c1ccc(C[C@H](CC(=O)C2CCC(CN)CC2)C(=O)Nc2ccc(-c3n[nH]c(C(F)(F)C(F)(F)C(=O)O)n3)cc2)cc1. The van der Waals surface area contributed by atoms with Crippen LogP contribution >= 0.6 is 0 Å². The molecule has 12 nitrogen and oxygen atoms in total. The van der Waals surface area contributed by atoms with E-state index in [0.29, 0.717) is 36.6 Å². The lowest BCUT2D eigenvalue weighted by atomic mass is 9.77. The molecule has 1 saturated carbocycles. The number of alkyl halides is 4. The average molecular weight is 820 g/mol. The summed E-state index contributed by atoms with van der Waals surface area (Å²) in [7, 11) is 2.08. The van der Waals surface area contributed by atoms with E-state index in [-0.39, 0.29) is 42.1 Å². The zero-order valence-corrected chi connectivity index (χ0v) is 32.9. The number of nitrogens with zero attached hydrogens (tertiary/aromatic N) is 3. The molecule has 3 aromatic carbocycles. The summed E-state index contributed by atoms with van der Waals surface area (Å²) in [6.07, 6.45) is 5.24. The van der Waals surface area contributed by atoms with Crippen LogP contribution in [0.2, 0.25) is 0 Å². The molecule has 0 radical (unpaired) electrons. The van der Waals surface area contributed by atoms with Gasteiger partial charge in [0.05, 0.1) is 0 Å². The Morgan fingerprint density at radius 2 is 1.56 bits per heavy atom. The third-order valence-electron chi connectivity index (χ3n) is 11.6. The molecular formula is C43H49F4N7O5. The van der Waals surface area contributed by atoms with Crippen molar-refractivity contribution in [3.05, 3.63) is 89.2 Å². The van der Waals surface area contributed by atoms with E-state index in [1.807, 2.05) is 49.4 Å². The van der Waals surface area contributed by atoms with E-state index < -0.39 is 41.3 Å². The van der Waals surface area contributed by atoms with Crippen molar-refractivity contribution in [2.45, 2.75) is 76.2 Å². The van der Waals surface area contributed by atoms with Gasteiger partial charge >= 0.3 is 17.8 Å². The van der Waals surface area contributed by atoms with E-state index >= 15 is 0 Å². The van der Waals surface area contributed by atoms with Gasteiger partial charge in [-0.25, -0.2) is 9.78 Å². The maximum absolute atomic E-state index is 14.3. The number of hydrogen-bond donors (Lipinski definition) is 5. The van der Waals surface area contributed by atoms with E-state index in [4.69, 9.17) is 10.8 Å². The summed E-state index contributed by atoms with van der Waals surface area (Å²) in [6.45, 7) is 4.42. The van der Waals surface area contributed by atoms with Crippen LogP contribution in [0.1, 0.15) is 72.3 Å². The number of carbonyl (C=O) groups is 4. The summed E-state index contributed by atoms with van der Waals surface area (Å²) >= 11 is 0. The number of aryl methyl sites for hydroxylation is 1. The summed E-state index contributed by atoms with van der Waals surface area (Å²) in [5, 5.41) is 19.8. The summed E-state index contributed by atoms with van der Waals surface area (Å²) in [6, 6.07) is 19.2. The number of aliphatic carboxylic acids is 1. The van der Waals surface area contributed by atoms with E-state index in [1.54, 1.807) is 5.10 Å². The van der Waals surface area contributed by atoms with E-state index in [2.05, 4.69) is 32.7 Å². The predicted molar refractivity (Wildman–Crippen MR) is 213 cm³/mol. The molecule has 1 aliphatic heterocycles. The number of nitrogens with one attached hydrogen (secondary N) is 3. The van der Waals surface area contributed by atoms with Gasteiger partial charge in [0.2, 0.25) is 11.7 Å². The molecule has 2 amide bonds. The van der Waals surface area contributed by atoms with Crippen LogP contribution in [-0.4, -0.2) is 87.4 Å². The smallest absolute Gasteiger partial charge is 0.411 e. The van der Waals surface area contributed by atoms with Crippen LogP contribution in [0.15, 0.2) is 66.7 Å². The first-order valence-electron chi connectivity index (χ1n) is 19.8. The van der Waals surface area contributed by atoms with Gasteiger partial charge in [-0.2, -0.15) is 22.7 Å². The second-order valence-corrected chi connectivity index (χ2v) is 15.8. The first kappa shape index (κ1) is 43.1. The number of hydrogen-bond acceptors (Lipinski definition) is 8. The Hall–Kier alpha value is -5.48. The summed E-state index contributed by atoms with van der Waals surface area (Å²) in [5.41, 5.74) is 10.6. The second kappa shape index (κ2) is 18.2. The molecule has 16 heteroatoms. The van der Waals surface area contributed by atoms with Gasteiger partial charge in [0.1, 0.15) is 5.78 Å². The van der Waals surface area contributed by atoms with Crippen LogP contribution < -0.4 is 16.4 Å². The van der Waals surface area contributed by atoms with Crippen LogP contribution in [0.3, 0.4) is 0 Å². The molecule has 0 unspecified atom stereocenters. The van der Waals surface area contributed by atoms with Crippen LogP contribution in [0.4, 0.5) is 23.2 Å². The third-order valence-corrected chi connectivity index (χ3v) is 11.6. The van der Waals surface area contributed by atoms with Crippen LogP contribution in [0.25, 0.3) is 22.5 Å². The largest absolute Gasteiger partial charge is 0.477 e. The van der Waals surface area contributed by atoms with Crippen molar-refractivity contribution in [2.75, 3.05) is 32.0 Å². The number of Topliss-reactive ketones (excluding diaryl/α,β-unsaturated/α-hetero) is 1. The molecule has 1 atom stereocenters.